The van der Waals surface area contributed by atoms with Crippen LogP contribution in [0.1, 0.15) is 37.8 Å². The highest BCUT2D eigenvalue weighted by Gasteiger charge is 2.36. The summed E-state index contributed by atoms with van der Waals surface area (Å²) in [6.45, 7) is 12.0. The van der Waals surface area contributed by atoms with E-state index in [1.165, 1.54) is 11.3 Å². The molecule has 2 unspecified atom stereocenters. The maximum Gasteiger partial charge on any atom is 0.243 e. The van der Waals surface area contributed by atoms with E-state index in [2.05, 4.69) is 29.0 Å². The number of hydrogen-bond acceptors (Lipinski definition) is 5. The summed E-state index contributed by atoms with van der Waals surface area (Å²) < 4.78 is 0. The Hall–Kier alpha value is -0.980. The second-order valence-electron chi connectivity index (χ2n) is 6.68. The average molecular weight is 310 g/mol. The molecular weight excluding hydrogens is 284 g/mol. The van der Waals surface area contributed by atoms with Gasteiger partial charge in [0.05, 0.1) is 11.7 Å². The zero-order valence-corrected chi connectivity index (χ0v) is 14.4. The molecule has 21 heavy (non-hydrogen) atoms. The zero-order valence-electron chi connectivity index (χ0n) is 13.6. The summed E-state index contributed by atoms with van der Waals surface area (Å²) in [5.41, 5.74) is 7.18. The number of aryl methyl sites for hydroxylation is 2. The summed E-state index contributed by atoms with van der Waals surface area (Å²) in [5.74, 6) is 0.00928. The minimum absolute atomic E-state index is 0.00928. The van der Waals surface area contributed by atoms with Crippen molar-refractivity contribution in [1.82, 2.24) is 9.88 Å². The third kappa shape index (κ3) is 3.62. The number of hydrogen-bond donors (Lipinski definition) is 2. The maximum atomic E-state index is 12.4. The number of thiazole rings is 1. The second-order valence-corrected chi connectivity index (χ2v) is 7.88. The first-order valence-corrected chi connectivity index (χ1v) is 8.27. The topological polar surface area (TPSA) is 71.2 Å². The van der Waals surface area contributed by atoms with Crippen LogP contribution in [-0.4, -0.2) is 41.0 Å². The van der Waals surface area contributed by atoms with Gasteiger partial charge >= 0.3 is 0 Å². The maximum absolute atomic E-state index is 12.4. The van der Waals surface area contributed by atoms with Gasteiger partial charge in [0, 0.05) is 24.0 Å². The molecule has 2 rings (SSSR count). The van der Waals surface area contributed by atoms with Crippen molar-refractivity contribution >= 4 is 22.4 Å². The molecular formula is C15H26N4OS. The molecule has 3 N–H and O–H groups in total. The average Bonchev–Trinajstić information content (AvgIpc) is 2.70. The van der Waals surface area contributed by atoms with Crippen molar-refractivity contribution in [1.29, 1.82) is 0 Å². The molecule has 1 aliphatic rings. The van der Waals surface area contributed by atoms with Gasteiger partial charge in [0.2, 0.25) is 5.91 Å². The normalized spacial score (nSPS) is 23.8. The van der Waals surface area contributed by atoms with Crippen molar-refractivity contribution < 1.29 is 4.79 Å². The Balaban J connectivity index is 1.99. The van der Waals surface area contributed by atoms with E-state index in [4.69, 9.17) is 5.73 Å². The van der Waals surface area contributed by atoms with Crippen LogP contribution < -0.4 is 11.1 Å². The fourth-order valence-corrected chi connectivity index (χ4v) is 3.47. The summed E-state index contributed by atoms with van der Waals surface area (Å²) in [4.78, 5) is 20.1. The van der Waals surface area contributed by atoms with Crippen LogP contribution in [0.2, 0.25) is 0 Å². The largest absolute Gasteiger partial charge is 0.327 e. The molecule has 6 heteroatoms. The third-order valence-electron chi connectivity index (χ3n) is 4.53. The third-order valence-corrected chi connectivity index (χ3v) is 5.52. The van der Waals surface area contributed by atoms with Gasteiger partial charge in [-0.05, 0) is 32.6 Å². The second kappa shape index (κ2) is 6.02. The van der Waals surface area contributed by atoms with Gasteiger partial charge in [-0.2, -0.15) is 0 Å². The van der Waals surface area contributed by atoms with Gasteiger partial charge in [-0.1, -0.05) is 13.8 Å². The molecule has 0 aromatic carbocycles. The van der Waals surface area contributed by atoms with Crippen molar-refractivity contribution in [3.05, 3.63) is 10.6 Å². The summed E-state index contributed by atoms with van der Waals surface area (Å²) in [6.07, 6.45) is 0.931. The van der Waals surface area contributed by atoms with Crippen LogP contribution in [-0.2, 0) is 4.79 Å². The van der Waals surface area contributed by atoms with Crippen LogP contribution in [0.3, 0.4) is 0 Å². The van der Waals surface area contributed by atoms with E-state index in [0.29, 0.717) is 5.13 Å². The van der Waals surface area contributed by atoms with E-state index in [1.807, 2.05) is 20.8 Å². The summed E-state index contributed by atoms with van der Waals surface area (Å²) in [7, 11) is 0. The van der Waals surface area contributed by atoms with Crippen LogP contribution in [0, 0.1) is 19.3 Å². The van der Waals surface area contributed by atoms with Crippen molar-refractivity contribution in [3.8, 4) is 0 Å². The first-order valence-electron chi connectivity index (χ1n) is 7.45. The van der Waals surface area contributed by atoms with E-state index < -0.39 is 0 Å². The summed E-state index contributed by atoms with van der Waals surface area (Å²) in [5, 5.41) is 3.62. The van der Waals surface area contributed by atoms with Crippen LogP contribution in [0.5, 0.6) is 0 Å². The van der Waals surface area contributed by atoms with Crippen LogP contribution >= 0.6 is 11.3 Å². The molecule has 1 fully saturated rings. The van der Waals surface area contributed by atoms with Gasteiger partial charge in [-0.25, -0.2) is 4.98 Å². The lowest BCUT2D eigenvalue weighted by atomic mass is 9.79. The molecule has 0 spiro atoms. The molecule has 1 aromatic heterocycles. The number of carbonyl (C=O) groups excluding carboxylic acids is 1. The Morgan fingerprint density at radius 3 is 2.71 bits per heavy atom. The molecule has 5 nitrogen and oxygen atoms in total. The lowest BCUT2D eigenvalue weighted by molar-refractivity contribution is -0.122. The van der Waals surface area contributed by atoms with Crippen LogP contribution in [0.4, 0.5) is 5.13 Å². The molecule has 1 amide bonds. The quantitative estimate of drug-likeness (QED) is 0.897. The standard InChI is InChI=1S/C15H26N4OS/c1-9-11(3)21-14(17-9)18-13(20)10(2)19-7-6-12(16)15(4,5)8-19/h10,12H,6-8,16H2,1-5H3,(H,17,18,20). The number of anilines is 1. The fourth-order valence-electron chi connectivity index (χ4n) is 2.65. The Kier molecular flexibility index (Phi) is 4.70. The number of aromatic nitrogens is 1. The number of likely N-dealkylation sites (tertiary alicyclic amines) is 1. The highest BCUT2D eigenvalue weighted by molar-refractivity contribution is 7.15. The molecule has 0 aliphatic carbocycles. The number of nitrogens with one attached hydrogen (secondary N) is 1. The lowest BCUT2D eigenvalue weighted by Gasteiger charge is -2.44. The number of amides is 1. The minimum atomic E-state index is -0.165. The van der Waals surface area contributed by atoms with Gasteiger partial charge in [0.25, 0.3) is 0 Å². The van der Waals surface area contributed by atoms with Gasteiger partial charge in [0.1, 0.15) is 0 Å². The molecule has 1 aromatic rings. The Labute approximate surface area is 130 Å². The number of nitrogens with two attached hydrogens (primary N) is 1. The first-order chi connectivity index (χ1) is 9.70. The fraction of sp³-hybridized carbons (Fsp3) is 0.733. The van der Waals surface area contributed by atoms with E-state index in [9.17, 15) is 4.79 Å². The van der Waals surface area contributed by atoms with Gasteiger partial charge in [-0.15, -0.1) is 11.3 Å². The zero-order chi connectivity index (χ0) is 15.8. The van der Waals surface area contributed by atoms with Crippen LogP contribution in [0.15, 0.2) is 0 Å². The van der Waals surface area contributed by atoms with Crippen molar-refractivity contribution in [3.63, 3.8) is 0 Å². The highest BCUT2D eigenvalue weighted by atomic mass is 32.1. The smallest absolute Gasteiger partial charge is 0.243 e. The first kappa shape index (κ1) is 16.4. The molecule has 1 saturated heterocycles. The molecule has 2 heterocycles. The lowest BCUT2D eigenvalue weighted by Crippen LogP contribution is -2.56. The molecule has 118 valence electrons. The van der Waals surface area contributed by atoms with Gasteiger partial charge < -0.3 is 11.1 Å². The predicted molar refractivity (Wildman–Crippen MR) is 87.6 cm³/mol. The highest BCUT2D eigenvalue weighted by Crippen LogP contribution is 2.29. The van der Waals surface area contributed by atoms with Crippen LogP contribution in [0.25, 0.3) is 0 Å². The monoisotopic (exact) mass is 310 g/mol. The molecule has 1 aliphatic heterocycles. The molecule has 2 atom stereocenters. The molecule has 0 radical (unpaired) electrons. The minimum Gasteiger partial charge on any atom is -0.327 e. The summed E-state index contributed by atoms with van der Waals surface area (Å²) in [6, 6.07) is 0.0366. The SMILES string of the molecule is Cc1nc(NC(=O)C(C)N2CCC(N)C(C)(C)C2)sc1C. The Bertz CT molecular complexity index is 506. The summed E-state index contributed by atoms with van der Waals surface area (Å²) >= 11 is 1.53. The Morgan fingerprint density at radius 2 is 2.19 bits per heavy atom. The van der Waals surface area contributed by atoms with Crippen molar-refractivity contribution in [2.24, 2.45) is 11.1 Å². The number of nitrogens with zero attached hydrogens (tertiary/aromatic N) is 2. The van der Waals surface area contributed by atoms with E-state index >= 15 is 0 Å². The Morgan fingerprint density at radius 1 is 1.52 bits per heavy atom. The predicted octanol–water partition coefficient (Wildman–Crippen LogP) is 2.15. The van der Waals surface area contributed by atoms with Crippen molar-refractivity contribution in [2.45, 2.75) is 53.1 Å². The molecule has 0 bridgehead atoms. The van der Waals surface area contributed by atoms with Gasteiger partial charge in [-0.3, -0.25) is 9.69 Å². The number of rotatable bonds is 3. The van der Waals surface area contributed by atoms with Crippen molar-refractivity contribution in [2.75, 3.05) is 18.4 Å². The van der Waals surface area contributed by atoms with E-state index in [0.717, 1.165) is 30.1 Å². The number of carbonyl (C=O) groups is 1. The molecule has 0 saturated carbocycles. The number of piperidine rings is 1. The van der Waals surface area contributed by atoms with Gasteiger partial charge in [0.15, 0.2) is 5.13 Å². The van der Waals surface area contributed by atoms with E-state index in [1.54, 1.807) is 0 Å². The van der Waals surface area contributed by atoms with E-state index in [-0.39, 0.29) is 23.4 Å².